The third-order valence-corrected chi connectivity index (χ3v) is 5.63. The standard InChI is InChI=1S/C19H21NO4/c1-10(2)24-19(23)11-5-7-14(8-6-11)20-17(21)15-12-3-4-13(9-12)16(15)18(20)22/h5-8,10,12-13,15-16H,3-4,9H2,1-2H3/t12-,13-,15+,16+/m0/s1. The molecule has 2 aliphatic carbocycles. The van der Waals surface area contributed by atoms with Crippen molar-refractivity contribution in [3.8, 4) is 0 Å². The maximum absolute atomic E-state index is 12.8. The van der Waals surface area contributed by atoms with E-state index in [9.17, 15) is 14.4 Å². The smallest absolute Gasteiger partial charge is 0.338 e. The van der Waals surface area contributed by atoms with Crippen LogP contribution in [-0.4, -0.2) is 23.9 Å². The van der Waals surface area contributed by atoms with Crippen molar-refractivity contribution in [2.45, 2.75) is 39.2 Å². The maximum atomic E-state index is 12.8. The van der Waals surface area contributed by atoms with E-state index in [0.717, 1.165) is 19.3 Å². The van der Waals surface area contributed by atoms with Gasteiger partial charge in [0.25, 0.3) is 0 Å². The van der Waals surface area contributed by atoms with Gasteiger partial charge in [-0.25, -0.2) is 4.79 Å². The van der Waals surface area contributed by atoms with Crippen molar-refractivity contribution in [2.75, 3.05) is 4.90 Å². The van der Waals surface area contributed by atoms with Gasteiger partial charge in [0.05, 0.1) is 29.2 Å². The van der Waals surface area contributed by atoms with E-state index in [1.54, 1.807) is 38.1 Å². The SMILES string of the molecule is CC(C)OC(=O)c1ccc(N2C(=O)[C@@H]3[C@H]4CC[C@@H](C4)[C@H]3C2=O)cc1. The molecule has 3 aliphatic rings. The van der Waals surface area contributed by atoms with Crippen molar-refractivity contribution in [3.05, 3.63) is 29.8 Å². The van der Waals surface area contributed by atoms with Crippen LogP contribution in [0.25, 0.3) is 0 Å². The van der Waals surface area contributed by atoms with Crippen molar-refractivity contribution >= 4 is 23.5 Å². The molecule has 1 aliphatic heterocycles. The highest BCUT2D eigenvalue weighted by molar-refractivity contribution is 6.22. The molecule has 0 unspecified atom stereocenters. The summed E-state index contributed by atoms with van der Waals surface area (Å²) in [6.07, 6.45) is 2.98. The zero-order valence-electron chi connectivity index (χ0n) is 13.9. The van der Waals surface area contributed by atoms with E-state index in [2.05, 4.69) is 0 Å². The Hall–Kier alpha value is -2.17. The second-order valence-electron chi connectivity index (χ2n) is 7.40. The third-order valence-electron chi connectivity index (χ3n) is 5.63. The van der Waals surface area contributed by atoms with Gasteiger partial charge in [-0.05, 0) is 69.2 Å². The Kier molecular flexibility index (Phi) is 3.48. The minimum Gasteiger partial charge on any atom is -0.459 e. The van der Waals surface area contributed by atoms with Crippen LogP contribution in [0.15, 0.2) is 24.3 Å². The topological polar surface area (TPSA) is 63.7 Å². The predicted molar refractivity (Wildman–Crippen MR) is 87.3 cm³/mol. The van der Waals surface area contributed by atoms with Gasteiger partial charge >= 0.3 is 5.97 Å². The Morgan fingerprint density at radius 1 is 1.04 bits per heavy atom. The molecule has 0 radical (unpaired) electrons. The Balaban J connectivity index is 1.57. The second-order valence-corrected chi connectivity index (χ2v) is 7.40. The predicted octanol–water partition coefficient (Wildman–Crippen LogP) is 2.79. The van der Waals surface area contributed by atoms with Gasteiger partial charge < -0.3 is 4.74 Å². The van der Waals surface area contributed by atoms with Gasteiger partial charge in [-0.3, -0.25) is 14.5 Å². The summed E-state index contributed by atoms with van der Waals surface area (Å²) in [5.74, 6) is -0.0119. The molecular formula is C19H21NO4. The molecule has 5 nitrogen and oxygen atoms in total. The normalized spacial score (nSPS) is 31.0. The minimum atomic E-state index is -0.398. The number of benzene rings is 1. The summed E-state index contributed by atoms with van der Waals surface area (Å²) in [4.78, 5) is 38.8. The van der Waals surface area contributed by atoms with Crippen LogP contribution in [0.2, 0.25) is 0 Å². The number of imide groups is 1. The van der Waals surface area contributed by atoms with Gasteiger partial charge in [-0.2, -0.15) is 0 Å². The molecule has 2 amide bonds. The van der Waals surface area contributed by atoms with Crippen LogP contribution in [0.5, 0.6) is 0 Å². The largest absolute Gasteiger partial charge is 0.459 e. The fraction of sp³-hybridized carbons (Fsp3) is 0.526. The molecular weight excluding hydrogens is 306 g/mol. The van der Waals surface area contributed by atoms with Crippen LogP contribution < -0.4 is 4.90 Å². The van der Waals surface area contributed by atoms with Crippen LogP contribution in [-0.2, 0) is 14.3 Å². The lowest BCUT2D eigenvalue weighted by molar-refractivity contribution is -0.123. The second kappa shape index (κ2) is 5.43. The van der Waals surface area contributed by atoms with Gasteiger partial charge in [0.2, 0.25) is 11.8 Å². The van der Waals surface area contributed by atoms with E-state index in [1.807, 2.05) is 0 Å². The molecule has 0 spiro atoms. The molecule has 1 aromatic rings. The van der Waals surface area contributed by atoms with Gasteiger partial charge in [-0.1, -0.05) is 0 Å². The van der Waals surface area contributed by atoms with E-state index in [1.165, 1.54) is 4.90 Å². The maximum Gasteiger partial charge on any atom is 0.338 e. The zero-order valence-corrected chi connectivity index (χ0v) is 13.9. The quantitative estimate of drug-likeness (QED) is 0.632. The van der Waals surface area contributed by atoms with Crippen LogP contribution in [0.3, 0.4) is 0 Å². The van der Waals surface area contributed by atoms with Crippen LogP contribution in [0, 0.1) is 23.7 Å². The summed E-state index contributed by atoms with van der Waals surface area (Å²) >= 11 is 0. The third kappa shape index (κ3) is 2.18. The van der Waals surface area contributed by atoms with E-state index in [4.69, 9.17) is 4.74 Å². The van der Waals surface area contributed by atoms with Crippen molar-refractivity contribution in [1.29, 1.82) is 0 Å². The minimum absolute atomic E-state index is 0.0605. The molecule has 3 fully saturated rings. The lowest BCUT2D eigenvalue weighted by Gasteiger charge is -2.19. The van der Waals surface area contributed by atoms with Crippen LogP contribution in [0.1, 0.15) is 43.5 Å². The Morgan fingerprint density at radius 2 is 1.58 bits per heavy atom. The van der Waals surface area contributed by atoms with Crippen molar-refractivity contribution in [2.24, 2.45) is 23.7 Å². The van der Waals surface area contributed by atoms with Crippen molar-refractivity contribution < 1.29 is 19.1 Å². The first-order chi connectivity index (χ1) is 11.5. The summed E-state index contributed by atoms with van der Waals surface area (Å²) in [5, 5.41) is 0. The summed E-state index contributed by atoms with van der Waals surface area (Å²) in [7, 11) is 0. The number of fused-ring (bicyclic) bond motifs is 5. The molecule has 4 atom stereocenters. The number of anilines is 1. The average molecular weight is 327 g/mol. The molecule has 0 aromatic heterocycles. The summed E-state index contributed by atoms with van der Waals surface area (Å²) in [5.41, 5.74) is 0.978. The number of carbonyl (C=O) groups is 3. The van der Waals surface area contributed by atoms with E-state index < -0.39 is 5.97 Å². The van der Waals surface area contributed by atoms with Crippen molar-refractivity contribution in [1.82, 2.24) is 0 Å². The van der Waals surface area contributed by atoms with Gasteiger partial charge in [0.1, 0.15) is 0 Å². The molecule has 24 heavy (non-hydrogen) atoms. The fourth-order valence-corrected chi connectivity index (χ4v) is 4.69. The van der Waals surface area contributed by atoms with E-state index in [0.29, 0.717) is 23.1 Å². The number of esters is 1. The number of hydrogen-bond donors (Lipinski definition) is 0. The first kappa shape index (κ1) is 15.4. The molecule has 1 aromatic carbocycles. The fourth-order valence-electron chi connectivity index (χ4n) is 4.69. The monoisotopic (exact) mass is 327 g/mol. The molecule has 2 saturated carbocycles. The summed E-state index contributed by atoms with van der Waals surface area (Å²) in [6.45, 7) is 3.59. The highest BCUT2D eigenvalue weighted by Crippen LogP contribution is 2.56. The summed E-state index contributed by atoms with van der Waals surface area (Å²) in [6, 6.07) is 6.55. The highest BCUT2D eigenvalue weighted by Gasteiger charge is 2.61. The Morgan fingerprint density at radius 3 is 2.08 bits per heavy atom. The Labute approximate surface area is 141 Å². The number of hydrogen-bond acceptors (Lipinski definition) is 4. The first-order valence-electron chi connectivity index (χ1n) is 8.66. The molecule has 2 bridgehead atoms. The first-order valence-corrected chi connectivity index (χ1v) is 8.66. The van der Waals surface area contributed by atoms with Crippen LogP contribution in [0.4, 0.5) is 5.69 Å². The number of carbonyl (C=O) groups excluding carboxylic acids is 3. The number of ether oxygens (including phenoxy) is 1. The number of nitrogens with zero attached hydrogens (tertiary/aromatic N) is 1. The molecule has 1 heterocycles. The highest BCUT2D eigenvalue weighted by atomic mass is 16.5. The zero-order chi connectivity index (χ0) is 17.0. The number of rotatable bonds is 3. The van der Waals surface area contributed by atoms with E-state index >= 15 is 0 Å². The molecule has 1 saturated heterocycles. The Bertz CT molecular complexity index is 681. The summed E-state index contributed by atoms with van der Waals surface area (Å²) < 4.78 is 5.15. The molecule has 126 valence electrons. The number of amides is 2. The average Bonchev–Trinajstić information content (AvgIpc) is 3.21. The van der Waals surface area contributed by atoms with E-state index in [-0.39, 0.29) is 29.8 Å². The van der Waals surface area contributed by atoms with Gasteiger partial charge in [0.15, 0.2) is 0 Å². The van der Waals surface area contributed by atoms with Crippen molar-refractivity contribution in [3.63, 3.8) is 0 Å². The molecule has 5 heteroatoms. The lowest BCUT2D eigenvalue weighted by atomic mass is 9.81. The lowest BCUT2D eigenvalue weighted by Crippen LogP contribution is -2.32. The van der Waals surface area contributed by atoms with Gasteiger partial charge in [-0.15, -0.1) is 0 Å². The van der Waals surface area contributed by atoms with Crippen LogP contribution >= 0.6 is 0 Å². The van der Waals surface area contributed by atoms with Gasteiger partial charge in [0, 0.05) is 0 Å². The molecule has 0 N–H and O–H groups in total. The molecule has 4 rings (SSSR count).